The molecule has 5 nitrogen and oxygen atoms in total. The summed E-state index contributed by atoms with van der Waals surface area (Å²) in [7, 11) is 0. The van der Waals surface area contributed by atoms with Gasteiger partial charge in [-0.15, -0.1) is 0 Å². The van der Waals surface area contributed by atoms with Crippen LogP contribution in [-0.2, 0) is 5.41 Å². The zero-order valence-electron chi connectivity index (χ0n) is 11.0. The molecule has 0 aliphatic rings. The fraction of sp³-hybridized carbons (Fsp3) is 0.500. The second-order valence-corrected chi connectivity index (χ2v) is 4.97. The molecule has 0 saturated heterocycles. The van der Waals surface area contributed by atoms with Gasteiger partial charge < -0.3 is 5.43 Å². The Balaban J connectivity index is 2.68. The molecule has 0 bridgehead atoms. The van der Waals surface area contributed by atoms with Crippen LogP contribution in [0.2, 0.25) is 0 Å². The number of carbonyl (C=O) groups is 1. The van der Waals surface area contributed by atoms with Crippen molar-refractivity contribution in [2.24, 2.45) is 0 Å². The third-order valence-electron chi connectivity index (χ3n) is 2.42. The van der Waals surface area contributed by atoms with E-state index in [1.165, 1.54) is 0 Å². The normalized spacial score (nSPS) is 12.4. The van der Waals surface area contributed by atoms with Crippen molar-refractivity contribution < 1.29 is 4.79 Å². The Kier molecular flexibility index (Phi) is 3.93. The zero-order chi connectivity index (χ0) is 13.1. The van der Waals surface area contributed by atoms with E-state index in [1.54, 1.807) is 6.07 Å². The van der Waals surface area contributed by atoms with Crippen LogP contribution in [0.25, 0.3) is 0 Å². The standard InChI is InChI=1S/C12H20N4O/c1-6-8(2)13-16-11(17)9-7-10(15-14-9)12(3,4)5/h6-7,13H,1-5H3,(H,14,15)(H,16,17). The van der Waals surface area contributed by atoms with E-state index in [0.717, 1.165) is 11.4 Å². The number of hydrogen-bond acceptors (Lipinski definition) is 3. The van der Waals surface area contributed by atoms with Crippen molar-refractivity contribution in [1.82, 2.24) is 21.0 Å². The largest absolute Gasteiger partial charge is 0.303 e. The molecule has 0 spiro atoms. The molecule has 0 saturated carbocycles. The summed E-state index contributed by atoms with van der Waals surface area (Å²) in [4.78, 5) is 11.7. The van der Waals surface area contributed by atoms with E-state index >= 15 is 0 Å². The molecule has 0 radical (unpaired) electrons. The third kappa shape index (κ3) is 3.62. The summed E-state index contributed by atoms with van der Waals surface area (Å²) in [6.45, 7) is 9.94. The Morgan fingerprint density at radius 1 is 1.41 bits per heavy atom. The highest BCUT2D eigenvalue weighted by Gasteiger charge is 2.19. The first-order valence-corrected chi connectivity index (χ1v) is 5.59. The number of carbonyl (C=O) groups excluding carboxylic acids is 1. The number of nitrogens with one attached hydrogen (secondary N) is 3. The second kappa shape index (κ2) is 5.03. The maximum Gasteiger partial charge on any atom is 0.290 e. The minimum absolute atomic E-state index is 0.0435. The molecule has 1 amide bonds. The minimum atomic E-state index is -0.252. The molecule has 1 aromatic heterocycles. The summed E-state index contributed by atoms with van der Waals surface area (Å²) in [6, 6.07) is 1.77. The van der Waals surface area contributed by atoms with E-state index in [9.17, 15) is 4.79 Å². The van der Waals surface area contributed by atoms with Crippen molar-refractivity contribution in [1.29, 1.82) is 0 Å². The first-order valence-electron chi connectivity index (χ1n) is 5.59. The Bertz CT molecular complexity index is 426. The van der Waals surface area contributed by atoms with Gasteiger partial charge in [0.25, 0.3) is 5.91 Å². The highest BCUT2D eigenvalue weighted by Crippen LogP contribution is 2.19. The van der Waals surface area contributed by atoms with Gasteiger partial charge in [0, 0.05) is 16.8 Å². The van der Waals surface area contributed by atoms with Crippen LogP contribution >= 0.6 is 0 Å². The molecule has 0 aromatic carbocycles. The van der Waals surface area contributed by atoms with Gasteiger partial charge in [0.1, 0.15) is 0 Å². The molecular weight excluding hydrogens is 216 g/mol. The summed E-state index contributed by atoms with van der Waals surface area (Å²) in [6.07, 6.45) is 1.87. The van der Waals surface area contributed by atoms with Crippen molar-refractivity contribution in [3.8, 4) is 0 Å². The van der Waals surface area contributed by atoms with Crippen LogP contribution in [0.15, 0.2) is 17.8 Å². The quantitative estimate of drug-likeness (QED) is 0.702. The average Bonchev–Trinajstić information content (AvgIpc) is 2.74. The van der Waals surface area contributed by atoms with Crippen molar-refractivity contribution in [3.05, 3.63) is 29.2 Å². The van der Waals surface area contributed by atoms with Gasteiger partial charge in [-0.2, -0.15) is 5.10 Å². The van der Waals surface area contributed by atoms with Gasteiger partial charge in [0.05, 0.1) is 0 Å². The minimum Gasteiger partial charge on any atom is -0.303 e. The van der Waals surface area contributed by atoms with Crippen LogP contribution in [0.3, 0.4) is 0 Å². The summed E-state index contributed by atoms with van der Waals surface area (Å²) < 4.78 is 0. The molecule has 1 rings (SSSR count). The Labute approximate surface area is 102 Å². The van der Waals surface area contributed by atoms with Crippen molar-refractivity contribution in [3.63, 3.8) is 0 Å². The summed E-state index contributed by atoms with van der Waals surface area (Å²) in [5, 5.41) is 6.86. The van der Waals surface area contributed by atoms with Crippen LogP contribution in [0.1, 0.15) is 50.8 Å². The lowest BCUT2D eigenvalue weighted by Crippen LogP contribution is -2.36. The molecule has 1 heterocycles. The van der Waals surface area contributed by atoms with Crippen LogP contribution in [-0.4, -0.2) is 16.1 Å². The number of amides is 1. The lowest BCUT2D eigenvalue weighted by atomic mass is 9.92. The maximum atomic E-state index is 11.7. The number of nitrogens with zero attached hydrogens (tertiary/aromatic N) is 1. The molecule has 5 heteroatoms. The van der Waals surface area contributed by atoms with Crippen LogP contribution in [0.5, 0.6) is 0 Å². The number of H-pyrrole nitrogens is 1. The summed E-state index contributed by atoms with van der Waals surface area (Å²) >= 11 is 0. The Morgan fingerprint density at radius 2 is 2.06 bits per heavy atom. The van der Waals surface area contributed by atoms with E-state index in [-0.39, 0.29) is 11.3 Å². The van der Waals surface area contributed by atoms with E-state index in [2.05, 4.69) is 41.8 Å². The SMILES string of the molecule is CC=C(C)NNC(=O)c1cc(C(C)(C)C)[nH]n1. The number of rotatable bonds is 3. The predicted molar refractivity (Wildman–Crippen MR) is 67.3 cm³/mol. The van der Waals surface area contributed by atoms with Gasteiger partial charge in [-0.1, -0.05) is 26.8 Å². The van der Waals surface area contributed by atoms with Crippen molar-refractivity contribution in [2.45, 2.75) is 40.0 Å². The average molecular weight is 236 g/mol. The molecule has 17 heavy (non-hydrogen) atoms. The van der Waals surface area contributed by atoms with Crippen molar-refractivity contribution in [2.75, 3.05) is 0 Å². The zero-order valence-corrected chi connectivity index (χ0v) is 11.0. The van der Waals surface area contributed by atoms with E-state index in [1.807, 2.05) is 19.9 Å². The van der Waals surface area contributed by atoms with Crippen LogP contribution in [0, 0.1) is 0 Å². The molecule has 1 aromatic rings. The summed E-state index contributed by atoms with van der Waals surface area (Å²) in [5.41, 5.74) is 7.51. The van der Waals surface area contributed by atoms with Gasteiger partial charge in [-0.3, -0.25) is 15.3 Å². The number of aromatic amines is 1. The molecule has 94 valence electrons. The highest BCUT2D eigenvalue weighted by molar-refractivity contribution is 5.92. The number of aromatic nitrogens is 2. The van der Waals surface area contributed by atoms with E-state index < -0.39 is 0 Å². The van der Waals surface area contributed by atoms with Crippen LogP contribution in [0.4, 0.5) is 0 Å². The number of allylic oxidation sites excluding steroid dienone is 2. The number of hydrogen-bond donors (Lipinski definition) is 3. The van der Waals surface area contributed by atoms with E-state index in [4.69, 9.17) is 0 Å². The maximum absolute atomic E-state index is 11.7. The van der Waals surface area contributed by atoms with Gasteiger partial charge in [-0.25, -0.2) is 0 Å². The van der Waals surface area contributed by atoms with Crippen LogP contribution < -0.4 is 10.9 Å². The fourth-order valence-electron chi connectivity index (χ4n) is 1.11. The smallest absolute Gasteiger partial charge is 0.290 e. The summed E-state index contributed by atoms with van der Waals surface area (Å²) in [5.74, 6) is -0.252. The molecule has 0 unspecified atom stereocenters. The second-order valence-electron chi connectivity index (χ2n) is 4.97. The van der Waals surface area contributed by atoms with Gasteiger partial charge in [-0.05, 0) is 19.9 Å². The lowest BCUT2D eigenvalue weighted by molar-refractivity contribution is 0.0934. The van der Waals surface area contributed by atoms with Gasteiger partial charge in [0.2, 0.25) is 0 Å². The third-order valence-corrected chi connectivity index (χ3v) is 2.42. The van der Waals surface area contributed by atoms with E-state index in [0.29, 0.717) is 5.69 Å². The molecule has 0 aliphatic carbocycles. The lowest BCUT2D eigenvalue weighted by Gasteiger charge is -2.14. The molecular formula is C12H20N4O. The monoisotopic (exact) mass is 236 g/mol. The number of hydrazine groups is 1. The van der Waals surface area contributed by atoms with Gasteiger partial charge >= 0.3 is 0 Å². The topological polar surface area (TPSA) is 69.8 Å². The molecule has 0 fully saturated rings. The molecule has 0 atom stereocenters. The first-order chi connectivity index (χ1) is 7.84. The first kappa shape index (κ1) is 13.3. The van der Waals surface area contributed by atoms with Gasteiger partial charge in [0.15, 0.2) is 5.69 Å². The Morgan fingerprint density at radius 3 is 2.53 bits per heavy atom. The predicted octanol–water partition coefficient (Wildman–Crippen LogP) is 1.87. The fourth-order valence-corrected chi connectivity index (χ4v) is 1.11. The molecule has 0 aliphatic heterocycles. The van der Waals surface area contributed by atoms with Crippen molar-refractivity contribution >= 4 is 5.91 Å². The molecule has 3 N–H and O–H groups in total. The Hall–Kier alpha value is -1.78. The highest BCUT2D eigenvalue weighted by atomic mass is 16.2.